The van der Waals surface area contributed by atoms with Gasteiger partial charge in [-0.2, -0.15) is 0 Å². The maximum atomic E-state index is 4.42. The molecule has 0 radical (unpaired) electrons. The van der Waals surface area contributed by atoms with Gasteiger partial charge < -0.3 is 0 Å². The Balaban J connectivity index is 2.03. The average molecular weight is 165 g/mol. The van der Waals surface area contributed by atoms with E-state index in [0.29, 0.717) is 0 Å². The zero-order chi connectivity index (χ0) is 8.55. The molecule has 2 saturated carbocycles. The summed E-state index contributed by atoms with van der Waals surface area (Å²) in [6.07, 6.45) is 6.97. The third-order valence-electron chi connectivity index (χ3n) is 3.63. The molecule has 0 aliphatic heterocycles. The van der Waals surface area contributed by atoms with Crippen LogP contribution in [0.4, 0.5) is 0 Å². The first kappa shape index (κ1) is 8.28. The lowest BCUT2D eigenvalue weighted by Gasteiger charge is -2.15. The molecule has 1 nitrogen and oxygen atoms in total. The maximum absolute atomic E-state index is 4.42. The minimum absolute atomic E-state index is 0.894. The van der Waals surface area contributed by atoms with Crippen LogP contribution in [0.2, 0.25) is 0 Å². The number of hydrogen-bond acceptors (Lipinski definition) is 1. The highest BCUT2D eigenvalue weighted by Crippen LogP contribution is 2.48. The molecule has 3 atom stereocenters. The maximum Gasteiger partial charge on any atom is 0.0276 e. The molecule has 2 aliphatic rings. The van der Waals surface area contributed by atoms with Gasteiger partial charge in [0, 0.05) is 18.7 Å². The quantitative estimate of drug-likeness (QED) is 0.523. The van der Waals surface area contributed by atoms with E-state index in [1.165, 1.54) is 37.8 Å². The van der Waals surface area contributed by atoms with Crippen molar-refractivity contribution in [1.29, 1.82) is 0 Å². The summed E-state index contributed by atoms with van der Waals surface area (Å²) < 4.78 is 0. The van der Waals surface area contributed by atoms with Gasteiger partial charge in [0.05, 0.1) is 0 Å². The van der Waals surface area contributed by atoms with Crippen molar-refractivity contribution in [2.75, 3.05) is 7.05 Å². The third-order valence-corrected chi connectivity index (χ3v) is 3.63. The van der Waals surface area contributed by atoms with Gasteiger partial charge in [-0.3, -0.25) is 4.99 Å². The first-order chi connectivity index (χ1) is 5.83. The minimum atomic E-state index is 0.894. The lowest BCUT2D eigenvalue weighted by atomic mass is 9.91. The normalized spacial score (nSPS) is 44.8. The molecule has 0 aromatic carbocycles. The number of hydrogen-bond donors (Lipinski definition) is 0. The molecular weight excluding hydrogens is 146 g/mol. The second kappa shape index (κ2) is 3.20. The van der Waals surface area contributed by atoms with Crippen LogP contribution in [0.15, 0.2) is 4.99 Å². The highest BCUT2D eigenvalue weighted by molar-refractivity contribution is 5.89. The van der Waals surface area contributed by atoms with Crippen molar-refractivity contribution in [3.8, 4) is 0 Å². The molecule has 0 saturated heterocycles. The van der Waals surface area contributed by atoms with Gasteiger partial charge in [0.25, 0.3) is 0 Å². The fourth-order valence-corrected chi connectivity index (χ4v) is 2.68. The topological polar surface area (TPSA) is 12.4 Å². The van der Waals surface area contributed by atoms with E-state index in [9.17, 15) is 0 Å². The smallest absolute Gasteiger partial charge is 0.0276 e. The Bertz CT molecular complexity index is 195. The standard InChI is InChI=1S/C11H19N/c1-8-5-3-4-6-11(12-2)10-7-9(8)10/h8-10H,3-7H2,1-2H3. The zero-order valence-electron chi connectivity index (χ0n) is 8.21. The Morgan fingerprint density at radius 1 is 1.33 bits per heavy atom. The lowest BCUT2D eigenvalue weighted by Crippen LogP contribution is -2.10. The number of rotatable bonds is 0. The van der Waals surface area contributed by atoms with Crippen LogP contribution in [-0.2, 0) is 0 Å². The zero-order valence-corrected chi connectivity index (χ0v) is 8.21. The van der Waals surface area contributed by atoms with E-state index in [2.05, 4.69) is 11.9 Å². The van der Waals surface area contributed by atoms with E-state index in [1.54, 1.807) is 0 Å². The summed E-state index contributed by atoms with van der Waals surface area (Å²) in [6.45, 7) is 2.42. The molecule has 0 aromatic rings. The van der Waals surface area contributed by atoms with Gasteiger partial charge in [-0.1, -0.05) is 19.8 Å². The van der Waals surface area contributed by atoms with Crippen LogP contribution in [-0.4, -0.2) is 12.8 Å². The van der Waals surface area contributed by atoms with Crippen LogP contribution < -0.4 is 0 Å². The molecule has 0 aromatic heterocycles. The molecular formula is C11H19N. The summed E-state index contributed by atoms with van der Waals surface area (Å²) in [6, 6.07) is 0. The van der Waals surface area contributed by atoms with Gasteiger partial charge in [-0.05, 0) is 31.1 Å². The predicted octanol–water partition coefficient (Wildman–Crippen LogP) is 2.90. The van der Waals surface area contributed by atoms with Crippen LogP contribution in [0, 0.1) is 17.8 Å². The molecule has 0 N–H and O–H groups in total. The van der Waals surface area contributed by atoms with Crippen molar-refractivity contribution in [3.05, 3.63) is 0 Å². The van der Waals surface area contributed by atoms with Crippen molar-refractivity contribution in [1.82, 2.24) is 0 Å². The van der Waals surface area contributed by atoms with Gasteiger partial charge in [-0.15, -0.1) is 0 Å². The second-order valence-corrected chi connectivity index (χ2v) is 4.44. The number of aliphatic imine (C=N–C) groups is 1. The summed E-state index contributed by atoms with van der Waals surface area (Å²) in [4.78, 5) is 4.42. The Hall–Kier alpha value is -0.330. The molecule has 2 rings (SSSR count). The van der Waals surface area contributed by atoms with Crippen LogP contribution in [0.25, 0.3) is 0 Å². The van der Waals surface area contributed by atoms with Crippen molar-refractivity contribution in [3.63, 3.8) is 0 Å². The Morgan fingerprint density at radius 3 is 2.92 bits per heavy atom. The Kier molecular flexibility index (Phi) is 2.20. The van der Waals surface area contributed by atoms with E-state index in [1.807, 2.05) is 7.05 Å². The van der Waals surface area contributed by atoms with Gasteiger partial charge >= 0.3 is 0 Å². The fourth-order valence-electron chi connectivity index (χ4n) is 2.68. The lowest BCUT2D eigenvalue weighted by molar-refractivity contribution is 0.429. The SMILES string of the molecule is CN=C1CCCCC(C)C2CC12. The summed E-state index contributed by atoms with van der Waals surface area (Å²) >= 11 is 0. The first-order valence-corrected chi connectivity index (χ1v) is 5.28. The number of nitrogens with zero attached hydrogens (tertiary/aromatic N) is 1. The Labute approximate surface area is 75.3 Å². The molecule has 3 unspecified atom stereocenters. The van der Waals surface area contributed by atoms with Crippen LogP contribution >= 0.6 is 0 Å². The van der Waals surface area contributed by atoms with Crippen LogP contribution in [0.5, 0.6) is 0 Å². The molecule has 1 heteroatoms. The predicted molar refractivity (Wildman–Crippen MR) is 52.6 cm³/mol. The van der Waals surface area contributed by atoms with Gasteiger partial charge in [0.1, 0.15) is 0 Å². The van der Waals surface area contributed by atoms with Crippen molar-refractivity contribution in [2.45, 2.75) is 39.0 Å². The Morgan fingerprint density at radius 2 is 2.17 bits per heavy atom. The van der Waals surface area contributed by atoms with Crippen molar-refractivity contribution >= 4 is 5.71 Å². The van der Waals surface area contributed by atoms with Crippen molar-refractivity contribution < 1.29 is 0 Å². The minimum Gasteiger partial charge on any atom is -0.297 e. The molecule has 2 aliphatic carbocycles. The first-order valence-electron chi connectivity index (χ1n) is 5.28. The highest BCUT2D eigenvalue weighted by Gasteiger charge is 2.44. The number of fused-ring (bicyclic) bond motifs is 1. The largest absolute Gasteiger partial charge is 0.297 e. The van der Waals surface area contributed by atoms with E-state index >= 15 is 0 Å². The molecule has 2 fully saturated rings. The monoisotopic (exact) mass is 165 g/mol. The van der Waals surface area contributed by atoms with Crippen molar-refractivity contribution in [2.24, 2.45) is 22.7 Å². The molecule has 12 heavy (non-hydrogen) atoms. The van der Waals surface area contributed by atoms with Gasteiger partial charge in [0.2, 0.25) is 0 Å². The summed E-state index contributed by atoms with van der Waals surface area (Å²) in [5.74, 6) is 2.86. The summed E-state index contributed by atoms with van der Waals surface area (Å²) in [7, 11) is 1.97. The van der Waals surface area contributed by atoms with E-state index in [4.69, 9.17) is 0 Å². The van der Waals surface area contributed by atoms with Crippen LogP contribution in [0.3, 0.4) is 0 Å². The van der Waals surface area contributed by atoms with E-state index < -0.39 is 0 Å². The van der Waals surface area contributed by atoms with E-state index in [-0.39, 0.29) is 0 Å². The van der Waals surface area contributed by atoms with Gasteiger partial charge in [-0.25, -0.2) is 0 Å². The summed E-state index contributed by atoms with van der Waals surface area (Å²) in [5.41, 5.74) is 1.52. The molecule has 68 valence electrons. The summed E-state index contributed by atoms with van der Waals surface area (Å²) in [5, 5.41) is 0. The van der Waals surface area contributed by atoms with Gasteiger partial charge in [0.15, 0.2) is 0 Å². The third kappa shape index (κ3) is 1.41. The molecule has 0 amide bonds. The fraction of sp³-hybridized carbons (Fsp3) is 0.909. The molecule has 0 bridgehead atoms. The second-order valence-electron chi connectivity index (χ2n) is 4.44. The molecule has 0 heterocycles. The average Bonchev–Trinajstić information content (AvgIpc) is 2.81. The van der Waals surface area contributed by atoms with E-state index in [0.717, 1.165) is 17.8 Å². The molecule has 0 spiro atoms. The van der Waals surface area contributed by atoms with Crippen LogP contribution in [0.1, 0.15) is 39.0 Å². The highest BCUT2D eigenvalue weighted by atomic mass is 14.7.